The number of pyridine rings is 5. The van der Waals surface area contributed by atoms with Crippen LogP contribution in [-0.4, -0.2) is 69.8 Å². The standard InChI is InChI=1S/C40H26N4.C39H25N5.C31H21N5/c1-2-10-27(11-3-1)31-24-32(28-20-22-41-23-21-28)26-33(25-31)38-42-39(36-18-8-14-29-12-4-6-16-34(29)36)44-40(43-38)37-19-9-15-30-13-5-7-17-35(30)37;1-3-9-29-21-31(14-12-26(29)7-1)37-42-38(32-15-13-27-8-2-4-10-30(27)22-32)44-39(43-37)35-24-33(28-16-19-40-20-17-28)23-34(25-35)36-11-5-6-18-41-36;1-3-9-23(10-4-1)29-34-30(24-11-5-2-6-12-24)36-31(35-29)27-20-25(22-14-17-32-18-15-22)19-26(21-27)28-13-7-8-16-33-28/h1-26H;1-25H;1-21H. The minimum Gasteiger partial charge on any atom is -0.265 e. The van der Waals surface area contributed by atoms with Gasteiger partial charge in [0.25, 0.3) is 0 Å². The first-order valence-corrected chi connectivity index (χ1v) is 40.8. The van der Waals surface area contributed by atoms with Gasteiger partial charge in [-0.1, -0.05) is 261 Å². The lowest BCUT2D eigenvalue weighted by Gasteiger charge is -2.13. The molecule has 14 aromatic carbocycles. The van der Waals surface area contributed by atoms with Crippen LogP contribution in [0.2, 0.25) is 0 Å². The number of aromatic nitrogens is 14. The molecular weight excluding hydrogens is 1520 g/mol. The summed E-state index contributed by atoms with van der Waals surface area (Å²) >= 11 is 0. The fourth-order valence-corrected chi connectivity index (χ4v) is 15.5. The molecule has 0 radical (unpaired) electrons. The lowest BCUT2D eigenvalue weighted by molar-refractivity contribution is 1.07. The summed E-state index contributed by atoms with van der Waals surface area (Å²) in [6, 6.07) is 132. The van der Waals surface area contributed by atoms with E-state index in [9.17, 15) is 0 Å². The monoisotopic (exact) mass is 1590 g/mol. The Kier molecular flexibility index (Phi) is 21.2. The Labute approximate surface area is 715 Å². The molecule has 0 spiro atoms. The van der Waals surface area contributed by atoms with E-state index in [4.69, 9.17) is 44.9 Å². The number of hydrogen-bond acceptors (Lipinski definition) is 14. The highest BCUT2D eigenvalue weighted by atomic mass is 15.1. The number of rotatable bonds is 15. The summed E-state index contributed by atoms with van der Waals surface area (Å²) in [4.78, 5) is 67.2. The molecule has 0 fully saturated rings. The summed E-state index contributed by atoms with van der Waals surface area (Å²) in [7, 11) is 0. The third-order valence-corrected chi connectivity index (χ3v) is 21.7. The predicted octanol–water partition coefficient (Wildman–Crippen LogP) is 26.2. The molecule has 0 bridgehead atoms. The van der Waals surface area contributed by atoms with Gasteiger partial charge in [0.2, 0.25) is 0 Å². The Hall–Kier alpha value is -17.1. The van der Waals surface area contributed by atoms with Crippen molar-refractivity contribution in [2.75, 3.05) is 0 Å². The van der Waals surface area contributed by atoms with Crippen LogP contribution in [0.25, 0.3) is 213 Å². The van der Waals surface area contributed by atoms with E-state index in [1.165, 1.54) is 10.8 Å². The molecule has 124 heavy (non-hydrogen) atoms. The quantitative estimate of drug-likeness (QED) is 0.0945. The van der Waals surface area contributed by atoms with E-state index >= 15 is 0 Å². The second kappa shape index (κ2) is 34.8. The van der Waals surface area contributed by atoms with Gasteiger partial charge in [-0.15, -0.1) is 0 Å². The van der Waals surface area contributed by atoms with E-state index in [2.05, 4.69) is 274 Å². The van der Waals surface area contributed by atoms with Gasteiger partial charge < -0.3 is 0 Å². The Bertz CT molecular complexity index is 7030. The molecule has 0 aliphatic carbocycles. The van der Waals surface area contributed by atoms with Crippen molar-refractivity contribution in [1.29, 1.82) is 0 Å². The van der Waals surface area contributed by atoms with Crippen LogP contribution in [-0.2, 0) is 0 Å². The third-order valence-electron chi connectivity index (χ3n) is 21.7. The average Bonchev–Trinajstić information content (AvgIpc) is 0.766. The minimum absolute atomic E-state index is 0.597. The van der Waals surface area contributed by atoms with Crippen molar-refractivity contribution in [3.8, 4) is 170 Å². The van der Waals surface area contributed by atoms with E-state index in [0.29, 0.717) is 52.4 Å². The molecule has 0 atom stereocenters. The molecule has 22 rings (SSSR count). The van der Waals surface area contributed by atoms with Crippen LogP contribution in [0.5, 0.6) is 0 Å². The molecule has 0 N–H and O–H groups in total. The highest BCUT2D eigenvalue weighted by Gasteiger charge is 2.22. The lowest BCUT2D eigenvalue weighted by Crippen LogP contribution is -2.01. The highest BCUT2D eigenvalue weighted by molar-refractivity contribution is 5.98. The van der Waals surface area contributed by atoms with Gasteiger partial charge in [0.15, 0.2) is 52.4 Å². The zero-order valence-electron chi connectivity index (χ0n) is 66.8. The maximum atomic E-state index is 5.16. The highest BCUT2D eigenvalue weighted by Crippen LogP contribution is 2.40. The molecule has 0 saturated carbocycles. The molecular formula is C110H72N14. The topological polar surface area (TPSA) is 180 Å². The largest absolute Gasteiger partial charge is 0.265 e. The van der Waals surface area contributed by atoms with E-state index < -0.39 is 0 Å². The zero-order chi connectivity index (χ0) is 82.8. The molecule has 22 aromatic rings. The van der Waals surface area contributed by atoms with Gasteiger partial charge in [0.05, 0.1) is 11.4 Å². The van der Waals surface area contributed by atoms with Gasteiger partial charge in [-0.3, -0.25) is 24.9 Å². The molecule has 0 aliphatic rings. The first-order chi connectivity index (χ1) is 61.4. The van der Waals surface area contributed by atoms with Crippen LogP contribution in [0.3, 0.4) is 0 Å². The van der Waals surface area contributed by atoms with Gasteiger partial charge in [-0.25, -0.2) is 44.9 Å². The van der Waals surface area contributed by atoms with Crippen LogP contribution in [0.4, 0.5) is 0 Å². The normalized spacial score (nSPS) is 11.1. The molecule has 0 saturated heterocycles. The number of benzene rings is 14. The zero-order valence-corrected chi connectivity index (χ0v) is 66.8. The van der Waals surface area contributed by atoms with E-state index in [-0.39, 0.29) is 0 Å². The number of fused-ring (bicyclic) bond motifs is 4. The summed E-state index contributed by atoms with van der Waals surface area (Å²) in [5.41, 5.74) is 20.7. The first kappa shape index (κ1) is 75.6. The van der Waals surface area contributed by atoms with Gasteiger partial charge in [-0.2, -0.15) is 0 Å². The fraction of sp³-hybridized carbons (Fsp3) is 0. The Morgan fingerprint density at radius 2 is 0.395 bits per heavy atom. The van der Waals surface area contributed by atoms with E-state index in [1.807, 2.05) is 158 Å². The molecule has 0 unspecified atom stereocenters. The predicted molar refractivity (Wildman–Crippen MR) is 500 cm³/mol. The van der Waals surface area contributed by atoms with Gasteiger partial charge >= 0.3 is 0 Å². The van der Waals surface area contributed by atoms with Crippen molar-refractivity contribution in [3.63, 3.8) is 0 Å². The van der Waals surface area contributed by atoms with Crippen LogP contribution in [0, 0.1) is 0 Å². The Morgan fingerprint density at radius 1 is 0.129 bits per heavy atom. The van der Waals surface area contributed by atoms with Crippen molar-refractivity contribution in [1.82, 2.24) is 69.8 Å². The molecule has 8 heterocycles. The minimum atomic E-state index is 0.597. The third kappa shape index (κ3) is 16.6. The summed E-state index contributed by atoms with van der Waals surface area (Å²) in [6.07, 6.45) is 14.5. The van der Waals surface area contributed by atoms with Crippen molar-refractivity contribution in [2.45, 2.75) is 0 Å². The Morgan fingerprint density at radius 3 is 0.766 bits per heavy atom. The SMILES string of the molecule is c1ccc(-c2cc(-c3ccncc3)cc(-c3nc(-c4ccc5ccccc5c4)nc(-c4ccc5ccccc5c4)n3)c2)nc1.c1ccc(-c2cc(-c3ccncc3)cc(-c3nc(-c4cccc5ccccc45)nc(-c4cccc5ccccc45)n3)c2)cc1.c1ccc(-c2nc(-c3ccccc3)nc(-c3cc(-c4ccncc4)cc(-c4ccccn4)c3)n2)cc1. The summed E-state index contributed by atoms with van der Waals surface area (Å²) in [5, 5.41) is 9.11. The van der Waals surface area contributed by atoms with Gasteiger partial charge in [0, 0.05) is 111 Å². The fourth-order valence-electron chi connectivity index (χ4n) is 15.5. The van der Waals surface area contributed by atoms with Crippen LogP contribution >= 0.6 is 0 Å². The van der Waals surface area contributed by atoms with Gasteiger partial charge in [0.1, 0.15) is 0 Å². The summed E-state index contributed by atoms with van der Waals surface area (Å²) < 4.78 is 0. The van der Waals surface area contributed by atoms with Crippen LogP contribution < -0.4 is 0 Å². The first-order valence-electron chi connectivity index (χ1n) is 40.8. The Balaban J connectivity index is 0.000000119. The molecule has 14 nitrogen and oxygen atoms in total. The van der Waals surface area contributed by atoms with E-state index in [1.54, 1.807) is 31.0 Å². The lowest BCUT2D eigenvalue weighted by atomic mass is 9.96. The van der Waals surface area contributed by atoms with Crippen LogP contribution in [0.15, 0.2) is 438 Å². The smallest absolute Gasteiger partial charge is 0.164 e. The van der Waals surface area contributed by atoms with Crippen LogP contribution in [0.1, 0.15) is 0 Å². The molecule has 14 heteroatoms. The van der Waals surface area contributed by atoms with E-state index in [0.717, 1.165) is 149 Å². The maximum Gasteiger partial charge on any atom is 0.164 e. The molecule has 582 valence electrons. The molecule has 0 amide bonds. The van der Waals surface area contributed by atoms with Crippen molar-refractivity contribution < 1.29 is 0 Å². The maximum absolute atomic E-state index is 5.16. The van der Waals surface area contributed by atoms with Gasteiger partial charge in [-0.05, 0) is 215 Å². The second-order valence-corrected chi connectivity index (χ2v) is 29.7. The van der Waals surface area contributed by atoms with Crippen molar-refractivity contribution in [3.05, 3.63) is 438 Å². The summed E-state index contributed by atoms with van der Waals surface area (Å²) in [5.74, 6) is 5.63. The second-order valence-electron chi connectivity index (χ2n) is 29.7. The molecule has 8 aromatic heterocycles. The van der Waals surface area contributed by atoms with Crippen molar-refractivity contribution in [2.24, 2.45) is 0 Å². The average molecular weight is 1590 g/mol. The summed E-state index contributed by atoms with van der Waals surface area (Å²) in [6.45, 7) is 0. The van der Waals surface area contributed by atoms with Crippen molar-refractivity contribution >= 4 is 43.1 Å². The number of nitrogens with zero attached hydrogens (tertiary/aromatic N) is 14. The number of hydrogen-bond donors (Lipinski definition) is 0. The molecule has 0 aliphatic heterocycles.